The molecule has 3 nitrogen and oxygen atoms in total. The second kappa shape index (κ2) is 14.9. The van der Waals surface area contributed by atoms with Gasteiger partial charge in [0.2, 0.25) is 0 Å². The number of halogens is 1. The summed E-state index contributed by atoms with van der Waals surface area (Å²) < 4.78 is 20.4. The fourth-order valence-corrected chi connectivity index (χ4v) is 3.84. The summed E-state index contributed by atoms with van der Waals surface area (Å²) in [6.07, 6.45) is 19.6. The van der Waals surface area contributed by atoms with Crippen LogP contribution in [-0.4, -0.2) is 16.6 Å². The molecule has 4 heteroatoms. The average Bonchev–Trinajstić information content (AvgIpc) is 2.77. The average molecular weight is 429 g/mol. The maximum absolute atomic E-state index is 14.6. The van der Waals surface area contributed by atoms with Gasteiger partial charge in [-0.2, -0.15) is 0 Å². The molecule has 0 aliphatic heterocycles. The molecule has 31 heavy (non-hydrogen) atoms. The zero-order chi connectivity index (χ0) is 22.3. The predicted molar refractivity (Wildman–Crippen MR) is 128 cm³/mol. The van der Waals surface area contributed by atoms with Crippen LogP contribution in [0.5, 0.6) is 5.75 Å². The molecule has 1 heterocycles. The Kier molecular flexibility index (Phi) is 12.2. The summed E-state index contributed by atoms with van der Waals surface area (Å²) in [6, 6.07) is 3.41. The molecule has 172 valence electrons. The molecular weight excluding hydrogens is 387 g/mol. The molecular formula is C27H41FN2O. The van der Waals surface area contributed by atoms with E-state index in [1.807, 2.05) is 25.4 Å². The molecule has 0 saturated heterocycles. The van der Waals surface area contributed by atoms with Crippen LogP contribution in [0.2, 0.25) is 0 Å². The van der Waals surface area contributed by atoms with E-state index in [1.54, 1.807) is 0 Å². The molecule has 0 amide bonds. The Morgan fingerprint density at radius 2 is 1.35 bits per heavy atom. The van der Waals surface area contributed by atoms with Gasteiger partial charge in [-0.15, -0.1) is 0 Å². The maximum Gasteiger partial charge on any atom is 0.166 e. The lowest BCUT2D eigenvalue weighted by Gasteiger charge is -2.12. The molecule has 0 aliphatic rings. The first-order valence-corrected chi connectivity index (χ1v) is 12.4. The summed E-state index contributed by atoms with van der Waals surface area (Å²) >= 11 is 0. The molecule has 1 aromatic carbocycles. The van der Waals surface area contributed by atoms with Crippen molar-refractivity contribution in [2.75, 3.05) is 6.61 Å². The molecule has 0 bridgehead atoms. The van der Waals surface area contributed by atoms with E-state index in [0.717, 1.165) is 30.4 Å². The Hall–Kier alpha value is -1.97. The number of nitrogens with zero attached hydrogens (tertiary/aromatic N) is 2. The minimum atomic E-state index is -0.334. The molecule has 0 spiro atoms. The number of ether oxygens (including phenoxy) is 1. The van der Waals surface area contributed by atoms with Gasteiger partial charge in [0.15, 0.2) is 17.4 Å². The molecule has 2 aromatic rings. The van der Waals surface area contributed by atoms with E-state index < -0.39 is 0 Å². The highest BCUT2D eigenvalue weighted by atomic mass is 19.1. The van der Waals surface area contributed by atoms with Gasteiger partial charge in [-0.25, -0.2) is 14.4 Å². The van der Waals surface area contributed by atoms with E-state index in [0.29, 0.717) is 23.7 Å². The molecule has 2 rings (SSSR count). The first-order valence-electron chi connectivity index (χ1n) is 12.4. The number of hydrogen-bond acceptors (Lipinski definition) is 3. The number of unbranched alkanes of at least 4 members (excludes halogenated alkanes) is 10. The Labute approximate surface area is 188 Å². The molecule has 0 atom stereocenters. The van der Waals surface area contributed by atoms with Crippen LogP contribution < -0.4 is 4.74 Å². The Balaban J connectivity index is 1.83. The smallest absolute Gasteiger partial charge is 0.166 e. The number of aryl methyl sites for hydroxylation is 2. The minimum Gasteiger partial charge on any atom is -0.490 e. The third-order valence-electron chi connectivity index (χ3n) is 5.76. The third-order valence-corrected chi connectivity index (χ3v) is 5.76. The van der Waals surface area contributed by atoms with Crippen LogP contribution in [0.3, 0.4) is 0 Å². The van der Waals surface area contributed by atoms with Crippen LogP contribution >= 0.6 is 0 Å². The SMILES string of the molecule is CCCCCCCCCc1cnc(-c2cc(C)c(OCCCCCCC)c(F)c2)nc1. The molecule has 0 N–H and O–H groups in total. The van der Waals surface area contributed by atoms with E-state index in [4.69, 9.17) is 4.74 Å². The number of benzene rings is 1. The Bertz CT molecular complexity index is 722. The largest absolute Gasteiger partial charge is 0.490 e. The number of aromatic nitrogens is 2. The van der Waals surface area contributed by atoms with Gasteiger partial charge < -0.3 is 4.74 Å². The van der Waals surface area contributed by atoms with Gasteiger partial charge in [0.05, 0.1) is 6.61 Å². The van der Waals surface area contributed by atoms with Crippen molar-refractivity contribution in [1.82, 2.24) is 9.97 Å². The number of hydrogen-bond donors (Lipinski definition) is 0. The highest BCUT2D eigenvalue weighted by Crippen LogP contribution is 2.28. The highest BCUT2D eigenvalue weighted by molar-refractivity contribution is 5.59. The Morgan fingerprint density at radius 1 is 0.774 bits per heavy atom. The third kappa shape index (κ3) is 9.37. The summed E-state index contributed by atoms with van der Waals surface area (Å²) in [5.74, 6) is 0.588. The maximum atomic E-state index is 14.6. The summed E-state index contributed by atoms with van der Waals surface area (Å²) in [6.45, 7) is 6.89. The lowest BCUT2D eigenvalue weighted by Crippen LogP contribution is -2.02. The summed E-state index contributed by atoms with van der Waals surface area (Å²) in [5.41, 5.74) is 2.64. The zero-order valence-corrected chi connectivity index (χ0v) is 19.9. The lowest BCUT2D eigenvalue weighted by molar-refractivity contribution is 0.288. The van der Waals surface area contributed by atoms with E-state index in [1.165, 1.54) is 70.3 Å². The van der Waals surface area contributed by atoms with Gasteiger partial charge in [-0.1, -0.05) is 78.1 Å². The second-order valence-corrected chi connectivity index (χ2v) is 8.65. The van der Waals surface area contributed by atoms with Crippen LogP contribution in [0.1, 0.15) is 102 Å². The van der Waals surface area contributed by atoms with Gasteiger partial charge >= 0.3 is 0 Å². The topological polar surface area (TPSA) is 35.0 Å². The van der Waals surface area contributed by atoms with Crippen molar-refractivity contribution < 1.29 is 9.13 Å². The summed E-state index contributed by atoms with van der Waals surface area (Å²) in [7, 11) is 0. The van der Waals surface area contributed by atoms with Crippen molar-refractivity contribution >= 4 is 0 Å². The van der Waals surface area contributed by atoms with E-state index in [-0.39, 0.29) is 5.82 Å². The highest BCUT2D eigenvalue weighted by Gasteiger charge is 2.12. The van der Waals surface area contributed by atoms with Crippen molar-refractivity contribution in [2.24, 2.45) is 0 Å². The lowest BCUT2D eigenvalue weighted by atomic mass is 10.1. The van der Waals surface area contributed by atoms with Crippen molar-refractivity contribution in [3.05, 3.63) is 41.5 Å². The molecule has 0 aliphatic carbocycles. The van der Waals surface area contributed by atoms with E-state index in [9.17, 15) is 4.39 Å². The van der Waals surface area contributed by atoms with Crippen molar-refractivity contribution in [1.29, 1.82) is 0 Å². The van der Waals surface area contributed by atoms with Gasteiger partial charge in [0.1, 0.15) is 0 Å². The van der Waals surface area contributed by atoms with Crippen molar-refractivity contribution in [2.45, 2.75) is 104 Å². The number of rotatable bonds is 16. The zero-order valence-electron chi connectivity index (χ0n) is 19.9. The van der Waals surface area contributed by atoms with Gasteiger partial charge in [-0.05, 0) is 49.4 Å². The normalized spacial score (nSPS) is 11.1. The first kappa shape index (κ1) is 25.3. The van der Waals surface area contributed by atoms with Crippen LogP contribution in [0.25, 0.3) is 11.4 Å². The predicted octanol–water partition coefficient (Wildman–Crippen LogP) is 8.23. The molecule has 1 aromatic heterocycles. The molecule has 0 unspecified atom stereocenters. The van der Waals surface area contributed by atoms with Crippen molar-refractivity contribution in [3.63, 3.8) is 0 Å². The van der Waals surface area contributed by atoms with Gasteiger partial charge in [-0.3, -0.25) is 0 Å². The van der Waals surface area contributed by atoms with Gasteiger partial charge in [0, 0.05) is 18.0 Å². The van der Waals surface area contributed by atoms with Crippen LogP contribution in [0.15, 0.2) is 24.5 Å². The van der Waals surface area contributed by atoms with Crippen LogP contribution in [-0.2, 0) is 6.42 Å². The second-order valence-electron chi connectivity index (χ2n) is 8.65. The minimum absolute atomic E-state index is 0.334. The van der Waals surface area contributed by atoms with Crippen molar-refractivity contribution in [3.8, 4) is 17.1 Å². The van der Waals surface area contributed by atoms with E-state index >= 15 is 0 Å². The fraction of sp³-hybridized carbons (Fsp3) is 0.630. The Morgan fingerprint density at radius 3 is 1.97 bits per heavy atom. The fourth-order valence-electron chi connectivity index (χ4n) is 3.84. The quantitative estimate of drug-likeness (QED) is 0.253. The first-order chi connectivity index (χ1) is 15.2. The van der Waals surface area contributed by atoms with Crippen LogP contribution in [0.4, 0.5) is 4.39 Å². The molecule has 0 fully saturated rings. The van der Waals surface area contributed by atoms with E-state index in [2.05, 4.69) is 23.8 Å². The monoisotopic (exact) mass is 428 g/mol. The summed E-state index contributed by atoms with van der Waals surface area (Å²) in [4.78, 5) is 8.97. The summed E-state index contributed by atoms with van der Waals surface area (Å²) in [5, 5.41) is 0. The standard InChI is InChI=1S/C27H41FN2O/c1-4-6-8-10-11-12-14-16-23-20-29-27(30-21-23)24-18-22(3)26(25(28)19-24)31-17-15-13-9-7-5-2/h18-21H,4-17H2,1-3H3. The molecule has 0 radical (unpaired) electrons. The van der Waals surface area contributed by atoms with Crippen LogP contribution in [0, 0.1) is 12.7 Å². The molecule has 0 saturated carbocycles. The van der Waals surface area contributed by atoms with Gasteiger partial charge in [0.25, 0.3) is 0 Å².